The maximum Gasteiger partial charge on any atom is 0.225 e. The standard InChI is InChI=1S/C19H19N9/c1-14-23-24-17-4-5-18(25-28(14)17)26-9-11-27(12-10-26)19-21-8-6-16(22-19)15-3-2-7-20-13-15/h2-8,13H,9-12H2,1H3. The molecule has 140 valence electrons. The average Bonchev–Trinajstić information content (AvgIpc) is 3.15. The van der Waals surface area contributed by atoms with E-state index in [9.17, 15) is 0 Å². The van der Waals surface area contributed by atoms with E-state index in [1.807, 2.05) is 43.5 Å². The van der Waals surface area contributed by atoms with Gasteiger partial charge in [-0.2, -0.15) is 4.52 Å². The molecule has 1 aliphatic rings. The molecule has 0 bridgehead atoms. The molecule has 0 aliphatic carbocycles. The molecule has 4 aromatic heterocycles. The molecule has 9 heteroatoms. The first-order chi connectivity index (χ1) is 13.8. The van der Waals surface area contributed by atoms with E-state index in [1.165, 1.54) is 0 Å². The van der Waals surface area contributed by atoms with Crippen LogP contribution in [0.2, 0.25) is 0 Å². The summed E-state index contributed by atoms with van der Waals surface area (Å²) in [6, 6.07) is 9.79. The Kier molecular flexibility index (Phi) is 4.04. The van der Waals surface area contributed by atoms with E-state index in [0.717, 1.165) is 60.7 Å². The Morgan fingerprint density at radius 2 is 1.75 bits per heavy atom. The minimum Gasteiger partial charge on any atom is -0.352 e. The third kappa shape index (κ3) is 3.00. The predicted molar refractivity (Wildman–Crippen MR) is 105 cm³/mol. The maximum absolute atomic E-state index is 4.73. The third-order valence-electron chi connectivity index (χ3n) is 4.89. The molecule has 0 unspecified atom stereocenters. The second kappa shape index (κ2) is 6.84. The van der Waals surface area contributed by atoms with Crippen molar-refractivity contribution in [3.63, 3.8) is 0 Å². The first-order valence-corrected chi connectivity index (χ1v) is 9.20. The summed E-state index contributed by atoms with van der Waals surface area (Å²) in [5.41, 5.74) is 2.64. The topological polar surface area (TPSA) is 88.2 Å². The van der Waals surface area contributed by atoms with Crippen LogP contribution in [0.3, 0.4) is 0 Å². The highest BCUT2D eigenvalue weighted by atomic mass is 15.4. The molecular weight excluding hydrogens is 354 g/mol. The molecule has 0 N–H and O–H groups in total. The SMILES string of the molecule is Cc1nnc2ccc(N3CCN(c4nccc(-c5cccnc5)n4)CC3)nn12. The van der Waals surface area contributed by atoms with Crippen LogP contribution in [-0.2, 0) is 0 Å². The zero-order chi connectivity index (χ0) is 18.9. The fourth-order valence-electron chi connectivity index (χ4n) is 3.37. The second-order valence-electron chi connectivity index (χ2n) is 6.67. The largest absolute Gasteiger partial charge is 0.352 e. The number of fused-ring (bicyclic) bond motifs is 1. The molecule has 0 radical (unpaired) electrons. The van der Waals surface area contributed by atoms with Crippen LogP contribution in [0.25, 0.3) is 16.9 Å². The van der Waals surface area contributed by atoms with Gasteiger partial charge in [-0.3, -0.25) is 4.98 Å². The maximum atomic E-state index is 4.73. The molecule has 0 atom stereocenters. The van der Waals surface area contributed by atoms with Crippen LogP contribution in [0.5, 0.6) is 0 Å². The Hall–Kier alpha value is -3.62. The van der Waals surface area contributed by atoms with Gasteiger partial charge in [-0.05, 0) is 37.3 Å². The van der Waals surface area contributed by atoms with Crippen molar-refractivity contribution < 1.29 is 0 Å². The van der Waals surface area contributed by atoms with E-state index in [2.05, 4.69) is 35.1 Å². The van der Waals surface area contributed by atoms with E-state index in [1.54, 1.807) is 16.9 Å². The minimum atomic E-state index is 0.749. The fraction of sp³-hybridized carbons (Fsp3) is 0.263. The van der Waals surface area contributed by atoms with Gasteiger partial charge in [0.15, 0.2) is 11.5 Å². The van der Waals surface area contributed by atoms with Gasteiger partial charge in [0.25, 0.3) is 0 Å². The molecular formula is C19H19N9. The molecule has 5 heterocycles. The lowest BCUT2D eigenvalue weighted by molar-refractivity contribution is 0.629. The summed E-state index contributed by atoms with van der Waals surface area (Å²) < 4.78 is 1.78. The first-order valence-electron chi connectivity index (χ1n) is 9.20. The van der Waals surface area contributed by atoms with Gasteiger partial charge in [-0.15, -0.1) is 15.3 Å². The van der Waals surface area contributed by atoms with Crippen LogP contribution in [0.4, 0.5) is 11.8 Å². The third-order valence-corrected chi connectivity index (χ3v) is 4.89. The molecule has 0 saturated carbocycles. The van der Waals surface area contributed by atoms with Gasteiger partial charge in [-0.25, -0.2) is 9.97 Å². The quantitative estimate of drug-likeness (QED) is 0.535. The number of hydrogen-bond donors (Lipinski definition) is 0. The van der Waals surface area contributed by atoms with Gasteiger partial charge < -0.3 is 9.80 Å². The van der Waals surface area contributed by atoms with Crippen molar-refractivity contribution in [3.05, 3.63) is 54.7 Å². The van der Waals surface area contributed by atoms with Gasteiger partial charge in [0.05, 0.1) is 5.69 Å². The Labute approximate surface area is 161 Å². The van der Waals surface area contributed by atoms with Gasteiger partial charge in [0.2, 0.25) is 5.95 Å². The van der Waals surface area contributed by atoms with Gasteiger partial charge >= 0.3 is 0 Å². The van der Waals surface area contributed by atoms with Gasteiger partial charge in [0.1, 0.15) is 5.82 Å². The van der Waals surface area contributed by atoms with Gasteiger partial charge in [-0.1, -0.05) is 0 Å². The summed E-state index contributed by atoms with van der Waals surface area (Å²) in [7, 11) is 0. The average molecular weight is 373 g/mol. The molecule has 0 aromatic carbocycles. The van der Waals surface area contributed by atoms with Crippen molar-refractivity contribution in [3.8, 4) is 11.3 Å². The monoisotopic (exact) mass is 373 g/mol. The summed E-state index contributed by atoms with van der Waals surface area (Å²) in [5.74, 6) is 2.47. The second-order valence-corrected chi connectivity index (χ2v) is 6.67. The summed E-state index contributed by atoms with van der Waals surface area (Å²) in [5, 5.41) is 12.8. The molecule has 5 rings (SSSR count). The molecule has 1 fully saturated rings. The molecule has 9 nitrogen and oxygen atoms in total. The Bertz CT molecular complexity index is 1100. The number of hydrogen-bond acceptors (Lipinski definition) is 8. The van der Waals surface area contributed by atoms with E-state index in [0.29, 0.717) is 0 Å². The van der Waals surface area contributed by atoms with Crippen molar-refractivity contribution in [2.45, 2.75) is 6.92 Å². The van der Waals surface area contributed by atoms with Crippen molar-refractivity contribution in [2.75, 3.05) is 36.0 Å². The molecule has 4 aromatic rings. The number of nitrogens with zero attached hydrogens (tertiary/aromatic N) is 9. The highest BCUT2D eigenvalue weighted by Gasteiger charge is 2.21. The summed E-state index contributed by atoms with van der Waals surface area (Å²) >= 11 is 0. The first kappa shape index (κ1) is 16.5. The lowest BCUT2D eigenvalue weighted by atomic mass is 10.2. The molecule has 0 amide bonds. The Balaban J connectivity index is 1.32. The van der Waals surface area contributed by atoms with E-state index < -0.39 is 0 Å². The van der Waals surface area contributed by atoms with Crippen molar-refractivity contribution >= 4 is 17.4 Å². The smallest absolute Gasteiger partial charge is 0.225 e. The normalized spacial score (nSPS) is 14.6. The molecule has 1 aliphatic heterocycles. The Morgan fingerprint density at radius 3 is 2.57 bits per heavy atom. The van der Waals surface area contributed by atoms with Crippen LogP contribution < -0.4 is 9.80 Å². The minimum absolute atomic E-state index is 0.749. The summed E-state index contributed by atoms with van der Waals surface area (Å²) in [4.78, 5) is 17.8. The molecule has 28 heavy (non-hydrogen) atoms. The lowest BCUT2D eigenvalue weighted by Gasteiger charge is -2.35. The van der Waals surface area contributed by atoms with Gasteiger partial charge in [0, 0.05) is 50.3 Å². The van der Waals surface area contributed by atoms with E-state index in [4.69, 9.17) is 4.98 Å². The summed E-state index contributed by atoms with van der Waals surface area (Å²) in [6.07, 6.45) is 5.39. The number of aromatic nitrogens is 7. The van der Waals surface area contributed by atoms with Crippen LogP contribution in [-0.4, -0.2) is 60.9 Å². The van der Waals surface area contributed by atoms with E-state index >= 15 is 0 Å². The number of piperazine rings is 1. The van der Waals surface area contributed by atoms with Crippen molar-refractivity contribution in [1.29, 1.82) is 0 Å². The van der Waals surface area contributed by atoms with E-state index in [-0.39, 0.29) is 0 Å². The highest BCUT2D eigenvalue weighted by molar-refractivity contribution is 5.59. The molecule has 1 saturated heterocycles. The zero-order valence-corrected chi connectivity index (χ0v) is 15.5. The number of pyridine rings is 1. The lowest BCUT2D eigenvalue weighted by Crippen LogP contribution is -2.47. The highest BCUT2D eigenvalue weighted by Crippen LogP contribution is 2.20. The number of rotatable bonds is 3. The Morgan fingerprint density at radius 1 is 0.893 bits per heavy atom. The van der Waals surface area contributed by atoms with Crippen molar-refractivity contribution in [2.24, 2.45) is 0 Å². The van der Waals surface area contributed by atoms with Crippen LogP contribution in [0.15, 0.2) is 48.9 Å². The van der Waals surface area contributed by atoms with Crippen LogP contribution in [0.1, 0.15) is 5.82 Å². The predicted octanol–water partition coefficient (Wildman–Crippen LogP) is 1.61. The zero-order valence-electron chi connectivity index (χ0n) is 15.5. The van der Waals surface area contributed by atoms with Crippen LogP contribution in [0, 0.1) is 6.92 Å². The number of aryl methyl sites for hydroxylation is 1. The van der Waals surface area contributed by atoms with Crippen LogP contribution >= 0.6 is 0 Å². The summed E-state index contributed by atoms with van der Waals surface area (Å²) in [6.45, 7) is 5.26. The fourth-order valence-corrected chi connectivity index (χ4v) is 3.37. The number of anilines is 2. The molecule has 0 spiro atoms. The van der Waals surface area contributed by atoms with Crippen molar-refractivity contribution in [1.82, 2.24) is 34.8 Å².